The standard InChI is InChI=1S/C17H17N5O.C8H11N.C2H6/c1-4-5-13(23)8-6-11(2)16-14-10-12(17(18)22-19-3)7-9-15(14)20-21-16;1-7(9)8-5-3-2-4-6-8;1-2/h4-10H,2-3H2,1H3,(H2,18,22)(H,20,21);2-7H,9H2,1H3;1-2H3/b5-4-,8-6+;;/t;7-;/m.0./s1. The van der Waals surface area contributed by atoms with Gasteiger partial charge in [0, 0.05) is 23.7 Å². The smallest absolute Gasteiger partial charge is 0.178 e. The zero-order chi connectivity index (χ0) is 25.5. The molecule has 178 valence electrons. The van der Waals surface area contributed by atoms with Crippen LogP contribution in [0.15, 0.2) is 89.6 Å². The van der Waals surface area contributed by atoms with E-state index in [-0.39, 0.29) is 17.7 Å². The van der Waals surface area contributed by atoms with Crippen LogP contribution in [0.5, 0.6) is 0 Å². The van der Waals surface area contributed by atoms with Gasteiger partial charge in [0.15, 0.2) is 11.6 Å². The van der Waals surface area contributed by atoms with E-state index in [1.165, 1.54) is 17.7 Å². The number of aromatic amines is 1. The molecular weight excluding hydrogens is 424 g/mol. The highest BCUT2D eigenvalue weighted by atomic mass is 16.1. The molecule has 3 rings (SSSR count). The number of hydrogen-bond acceptors (Lipinski definition) is 5. The van der Waals surface area contributed by atoms with Crippen molar-refractivity contribution >= 4 is 34.8 Å². The van der Waals surface area contributed by atoms with Gasteiger partial charge in [0.25, 0.3) is 0 Å². The van der Waals surface area contributed by atoms with Crippen LogP contribution >= 0.6 is 0 Å². The molecule has 34 heavy (non-hydrogen) atoms. The number of benzene rings is 2. The average molecular weight is 459 g/mol. The van der Waals surface area contributed by atoms with Gasteiger partial charge in [-0.15, -0.1) is 5.10 Å². The van der Waals surface area contributed by atoms with Gasteiger partial charge in [0.05, 0.1) is 11.2 Å². The van der Waals surface area contributed by atoms with Gasteiger partial charge in [-0.1, -0.05) is 56.8 Å². The molecule has 0 aliphatic rings. The molecule has 0 saturated carbocycles. The fraction of sp³-hybridized carbons (Fsp3) is 0.185. The molecule has 0 amide bonds. The Morgan fingerprint density at radius 3 is 2.35 bits per heavy atom. The first-order valence-electron chi connectivity index (χ1n) is 11.0. The zero-order valence-corrected chi connectivity index (χ0v) is 20.3. The fourth-order valence-electron chi connectivity index (χ4n) is 2.79. The van der Waals surface area contributed by atoms with Gasteiger partial charge in [-0.05, 0) is 61.4 Å². The molecular formula is C27H34N6O. The highest BCUT2D eigenvalue weighted by Crippen LogP contribution is 2.23. The number of nitrogens with two attached hydrogens (primary N) is 2. The van der Waals surface area contributed by atoms with Crippen LogP contribution in [0.25, 0.3) is 16.5 Å². The number of rotatable bonds is 7. The van der Waals surface area contributed by atoms with E-state index in [9.17, 15) is 4.79 Å². The largest absolute Gasteiger partial charge is 0.382 e. The second-order valence-corrected chi connectivity index (χ2v) is 6.92. The molecule has 0 saturated heterocycles. The summed E-state index contributed by atoms with van der Waals surface area (Å²) in [5.74, 6) is 0.154. The van der Waals surface area contributed by atoms with Crippen LogP contribution in [0, 0.1) is 0 Å². The van der Waals surface area contributed by atoms with Crippen molar-refractivity contribution in [3.63, 3.8) is 0 Å². The molecule has 1 heterocycles. The van der Waals surface area contributed by atoms with Gasteiger partial charge in [-0.25, -0.2) is 0 Å². The number of allylic oxidation sites excluding steroid dienone is 5. The molecule has 0 aliphatic carbocycles. The van der Waals surface area contributed by atoms with Crippen molar-refractivity contribution in [2.75, 3.05) is 0 Å². The van der Waals surface area contributed by atoms with Crippen LogP contribution in [0.1, 0.15) is 50.6 Å². The Balaban J connectivity index is 0.000000437. The minimum atomic E-state index is -0.109. The maximum Gasteiger partial charge on any atom is 0.178 e. The number of nitrogens with one attached hydrogen (secondary N) is 1. The van der Waals surface area contributed by atoms with Crippen molar-refractivity contribution in [1.82, 2.24) is 10.2 Å². The van der Waals surface area contributed by atoms with E-state index in [0.717, 1.165) is 10.9 Å². The fourth-order valence-corrected chi connectivity index (χ4v) is 2.79. The predicted molar refractivity (Wildman–Crippen MR) is 145 cm³/mol. The number of hydrogen-bond donors (Lipinski definition) is 3. The normalized spacial score (nSPS) is 12.0. The second-order valence-electron chi connectivity index (χ2n) is 6.92. The van der Waals surface area contributed by atoms with Crippen molar-refractivity contribution in [3.8, 4) is 0 Å². The molecule has 1 atom stereocenters. The number of ketones is 1. The Bertz CT molecular complexity index is 1170. The van der Waals surface area contributed by atoms with Crippen molar-refractivity contribution in [3.05, 3.63) is 96.2 Å². The summed E-state index contributed by atoms with van der Waals surface area (Å²) >= 11 is 0. The first kappa shape index (κ1) is 27.9. The Kier molecular flexibility index (Phi) is 12.2. The number of carbonyl (C=O) groups excluding carboxylic acids is 1. The van der Waals surface area contributed by atoms with E-state index >= 15 is 0 Å². The summed E-state index contributed by atoms with van der Waals surface area (Å²) in [6.07, 6.45) is 6.24. The molecule has 0 spiro atoms. The van der Waals surface area contributed by atoms with E-state index in [0.29, 0.717) is 16.8 Å². The van der Waals surface area contributed by atoms with E-state index < -0.39 is 0 Å². The highest BCUT2D eigenvalue weighted by molar-refractivity contribution is 6.04. The number of nitrogens with zero attached hydrogens (tertiary/aromatic N) is 3. The van der Waals surface area contributed by atoms with Crippen molar-refractivity contribution in [2.45, 2.75) is 33.7 Å². The molecule has 0 fully saturated rings. The highest BCUT2D eigenvalue weighted by Gasteiger charge is 2.10. The maximum atomic E-state index is 11.5. The third-order valence-electron chi connectivity index (χ3n) is 4.45. The molecule has 3 aromatic rings. The average Bonchev–Trinajstić information content (AvgIpc) is 3.28. The summed E-state index contributed by atoms with van der Waals surface area (Å²) in [6, 6.07) is 15.7. The van der Waals surface area contributed by atoms with Crippen LogP contribution < -0.4 is 11.5 Å². The Morgan fingerprint density at radius 1 is 1.12 bits per heavy atom. The zero-order valence-electron chi connectivity index (χ0n) is 20.3. The van der Waals surface area contributed by atoms with Crippen LogP contribution in [-0.2, 0) is 4.79 Å². The number of amidine groups is 1. The molecule has 5 N–H and O–H groups in total. The van der Waals surface area contributed by atoms with Gasteiger partial charge in [-0.2, -0.15) is 10.2 Å². The summed E-state index contributed by atoms with van der Waals surface area (Å²) in [5, 5.41) is 15.1. The first-order chi connectivity index (χ1) is 16.4. The summed E-state index contributed by atoms with van der Waals surface area (Å²) in [4.78, 5) is 11.5. The molecule has 0 unspecified atom stereocenters. The maximum absolute atomic E-state index is 11.5. The summed E-state index contributed by atoms with van der Waals surface area (Å²) in [6.45, 7) is 15.0. The van der Waals surface area contributed by atoms with Gasteiger partial charge < -0.3 is 11.5 Å². The van der Waals surface area contributed by atoms with Crippen LogP contribution in [0.2, 0.25) is 0 Å². The third kappa shape index (κ3) is 8.44. The number of fused-ring (bicyclic) bond motifs is 1. The lowest BCUT2D eigenvalue weighted by Gasteiger charge is -2.02. The first-order valence-corrected chi connectivity index (χ1v) is 11.0. The Labute approximate surface area is 201 Å². The Hall–Kier alpha value is -4.10. The predicted octanol–water partition coefficient (Wildman–Crippen LogP) is 5.33. The summed E-state index contributed by atoms with van der Waals surface area (Å²) in [5.41, 5.74) is 15.4. The third-order valence-corrected chi connectivity index (χ3v) is 4.45. The lowest BCUT2D eigenvalue weighted by atomic mass is 10.1. The van der Waals surface area contributed by atoms with E-state index in [1.807, 2.05) is 69.3 Å². The number of aromatic nitrogens is 2. The van der Waals surface area contributed by atoms with Crippen molar-refractivity contribution in [1.29, 1.82) is 0 Å². The van der Waals surface area contributed by atoms with E-state index in [1.54, 1.807) is 19.1 Å². The van der Waals surface area contributed by atoms with E-state index in [4.69, 9.17) is 11.5 Å². The SMILES string of the molecule is C=N/N=C(\N)c1ccc2[nH]nc(C(=C)/C=C/C(=O)/C=C\C)c2c1.CC.C[C@H](N)c1ccccc1. The van der Waals surface area contributed by atoms with Gasteiger partial charge in [0.2, 0.25) is 0 Å². The minimum absolute atomic E-state index is 0.109. The summed E-state index contributed by atoms with van der Waals surface area (Å²) in [7, 11) is 0. The van der Waals surface area contributed by atoms with E-state index in [2.05, 4.69) is 33.7 Å². The molecule has 0 bridgehead atoms. The van der Waals surface area contributed by atoms with Crippen molar-refractivity contribution in [2.24, 2.45) is 21.7 Å². The monoisotopic (exact) mass is 458 g/mol. The lowest BCUT2D eigenvalue weighted by molar-refractivity contribution is -0.110. The number of carbonyl (C=O) groups is 1. The molecule has 7 nitrogen and oxygen atoms in total. The topological polar surface area (TPSA) is 123 Å². The van der Waals surface area contributed by atoms with Crippen LogP contribution in [0.3, 0.4) is 0 Å². The Morgan fingerprint density at radius 2 is 1.79 bits per heavy atom. The lowest BCUT2D eigenvalue weighted by Crippen LogP contribution is -2.12. The summed E-state index contributed by atoms with van der Waals surface area (Å²) < 4.78 is 0. The quantitative estimate of drug-likeness (QED) is 0.146. The van der Waals surface area contributed by atoms with Crippen LogP contribution in [-0.4, -0.2) is 28.5 Å². The molecule has 1 aromatic heterocycles. The molecule has 7 heteroatoms. The minimum Gasteiger partial charge on any atom is -0.382 e. The second kappa shape index (κ2) is 14.9. The van der Waals surface area contributed by atoms with Gasteiger partial charge in [-0.3, -0.25) is 9.89 Å². The molecule has 0 aliphatic heterocycles. The molecule has 2 aromatic carbocycles. The van der Waals surface area contributed by atoms with Crippen LogP contribution in [0.4, 0.5) is 0 Å². The number of H-pyrrole nitrogens is 1. The van der Waals surface area contributed by atoms with Gasteiger partial charge in [0.1, 0.15) is 0 Å². The van der Waals surface area contributed by atoms with Gasteiger partial charge >= 0.3 is 0 Å². The van der Waals surface area contributed by atoms with Crippen molar-refractivity contribution < 1.29 is 4.79 Å². The molecule has 0 radical (unpaired) electrons.